The van der Waals surface area contributed by atoms with Crippen LogP contribution in [-0.4, -0.2) is 56.4 Å². The van der Waals surface area contributed by atoms with Gasteiger partial charge in [-0.3, -0.25) is 9.59 Å². The van der Waals surface area contributed by atoms with Gasteiger partial charge >= 0.3 is 17.8 Å². The monoisotopic (exact) mass is 330 g/mol. The lowest BCUT2D eigenvalue weighted by Gasteiger charge is -2.18. The van der Waals surface area contributed by atoms with Crippen molar-refractivity contribution >= 4 is 17.8 Å². The summed E-state index contributed by atoms with van der Waals surface area (Å²) in [6.45, 7) is 2.03. The van der Waals surface area contributed by atoms with Crippen LogP contribution in [0.15, 0.2) is 12.5 Å². The van der Waals surface area contributed by atoms with Crippen molar-refractivity contribution in [1.29, 1.82) is 0 Å². The lowest BCUT2D eigenvalue weighted by Crippen LogP contribution is -2.37. The fourth-order valence-corrected chi connectivity index (χ4v) is 2.23. The van der Waals surface area contributed by atoms with Gasteiger partial charge in [0, 0.05) is 13.8 Å². The molecule has 126 valence electrons. The molecule has 0 bridgehead atoms. The highest BCUT2D eigenvalue weighted by molar-refractivity contribution is 5.66. The summed E-state index contributed by atoms with van der Waals surface area (Å²) in [6.07, 6.45) is -2.58. The van der Waals surface area contributed by atoms with Gasteiger partial charge in [0.1, 0.15) is 25.0 Å². The minimum absolute atomic E-state index is 0.284. The third kappa shape index (κ3) is 3.63. The van der Waals surface area contributed by atoms with Crippen LogP contribution in [0, 0.1) is 10.1 Å². The summed E-state index contributed by atoms with van der Waals surface area (Å²) >= 11 is 0. The van der Waals surface area contributed by atoms with Gasteiger partial charge in [0.2, 0.25) is 6.23 Å². The molecular weight excluding hydrogens is 315 g/mol. The van der Waals surface area contributed by atoms with E-state index in [4.69, 9.17) is 14.2 Å². The molecule has 1 aromatic heterocycles. The lowest BCUT2D eigenvalue weighted by atomic mass is 10.1. The van der Waals surface area contributed by atoms with Gasteiger partial charge in [0.15, 0.2) is 12.4 Å². The Kier molecular flexibility index (Phi) is 4.91. The van der Waals surface area contributed by atoms with Crippen molar-refractivity contribution in [3.63, 3.8) is 0 Å². The molecule has 1 aliphatic rings. The maximum absolute atomic E-state index is 11.2. The van der Waals surface area contributed by atoms with Gasteiger partial charge in [0.25, 0.3) is 0 Å². The molecule has 0 aromatic carbocycles. The maximum atomic E-state index is 11.2. The Balaban J connectivity index is 2.27. The van der Waals surface area contributed by atoms with E-state index in [-0.39, 0.29) is 6.61 Å². The van der Waals surface area contributed by atoms with Gasteiger partial charge < -0.3 is 29.4 Å². The first-order valence-corrected chi connectivity index (χ1v) is 6.61. The molecular formula is C12H15N3O8. The van der Waals surface area contributed by atoms with Gasteiger partial charge in [-0.2, -0.15) is 4.57 Å². The van der Waals surface area contributed by atoms with E-state index >= 15 is 0 Å². The van der Waals surface area contributed by atoms with Crippen molar-refractivity contribution < 1.29 is 33.8 Å². The Hall–Kier alpha value is -2.53. The number of hydrogen-bond acceptors (Lipinski definition) is 9. The molecule has 1 fully saturated rings. The molecule has 0 amide bonds. The minimum atomic E-state index is -1.33. The first kappa shape index (κ1) is 16.8. The number of hydrogen-bond donors (Lipinski definition) is 1. The number of carbonyl (C=O) groups is 2. The van der Waals surface area contributed by atoms with Crippen molar-refractivity contribution in [1.82, 2.24) is 9.55 Å². The van der Waals surface area contributed by atoms with Crippen molar-refractivity contribution in [2.75, 3.05) is 6.61 Å². The van der Waals surface area contributed by atoms with E-state index in [2.05, 4.69) is 4.98 Å². The van der Waals surface area contributed by atoms with Crippen LogP contribution in [0.4, 0.5) is 5.82 Å². The Morgan fingerprint density at radius 2 is 2.17 bits per heavy atom. The van der Waals surface area contributed by atoms with Crippen LogP contribution in [0.3, 0.4) is 0 Å². The van der Waals surface area contributed by atoms with E-state index in [1.54, 1.807) is 0 Å². The fourth-order valence-electron chi connectivity index (χ4n) is 2.23. The molecule has 1 saturated heterocycles. The summed E-state index contributed by atoms with van der Waals surface area (Å²) in [5.74, 6) is -1.67. The molecule has 11 heteroatoms. The summed E-state index contributed by atoms with van der Waals surface area (Å²) in [5, 5.41) is 21.2. The zero-order valence-electron chi connectivity index (χ0n) is 12.3. The molecule has 0 radical (unpaired) electrons. The standard InChI is InChI=1S/C12H15N3O8/c1-6(16)21-4-8-10(18)11(22-7(2)17)12(23-8)14-5-13-3-9(14)15(19)20/h3,5,8,10-12,18H,4H2,1-2H3/t8-,10-,11-,12-/m1/s1/i15+1. The molecule has 1 aliphatic heterocycles. The molecule has 23 heavy (non-hydrogen) atoms. The SMILES string of the molecule is CC(=O)OC[C@H]1O[C@@H](n2cncc2[15N+](=O)[O-])[C@H](OC(C)=O)[C@@H]1O. The number of aromatic nitrogens is 2. The van der Waals surface area contributed by atoms with Crippen LogP contribution in [0.1, 0.15) is 20.1 Å². The van der Waals surface area contributed by atoms with Crippen molar-refractivity contribution in [2.24, 2.45) is 0 Å². The molecule has 1 aromatic rings. The summed E-state index contributed by atoms with van der Waals surface area (Å²) < 4.78 is 16.3. The highest BCUT2D eigenvalue weighted by atomic mass is 16.9. The number of imidazole rings is 1. The first-order valence-electron chi connectivity index (χ1n) is 6.61. The number of esters is 2. The second-order valence-corrected chi connectivity index (χ2v) is 4.85. The largest absolute Gasteiger partial charge is 0.463 e. The smallest absolute Gasteiger partial charge is 0.344 e. The van der Waals surface area contributed by atoms with E-state index < -0.39 is 47.2 Å². The van der Waals surface area contributed by atoms with Crippen molar-refractivity contribution in [2.45, 2.75) is 38.4 Å². The van der Waals surface area contributed by atoms with Crippen LogP contribution >= 0.6 is 0 Å². The quantitative estimate of drug-likeness (QED) is 0.328. The van der Waals surface area contributed by atoms with Gasteiger partial charge in [-0.25, -0.2) is 4.98 Å². The zero-order chi connectivity index (χ0) is 17.1. The fraction of sp³-hybridized carbons (Fsp3) is 0.583. The van der Waals surface area contributed by atoms with Crippen LogP contribution in [0.25, 0.3) is 0 Å². The molecule has 0 spiro atoms. The minimum Gasteiger partial charge on any atom is -0.463 e. The van der Waals surface area contributed by atoms with Crippen LogP contribution in [-0.2, 0) is 23.8 Å². The Morgan fingerprint density at radius 3 is 2.74 bits per heavy atom. The summed E-state index contributed by atoms with van der Waals surface area (Å²) in [6, 6.07) is 0. The lowest BCUT2D eigenvalue weighted by molar-refractivity contribution is -0.394. The number of rotatable bonds is 5. The highest BCUT2D eigenvalue weighted by Gasteiger charge is 2.51. The predicted octanol–water partition coefficient (Wildman–Crippen LogP) is -0.456. The second-order valence-electron chi connectivity index (χ2n) is 4.85. The van der Waals surface area contributed by atoms with Crippen molar-refractivity contribution in [3.05, 3.63) is 22.6 Å². The number of aliphatic hydroxyl groups is 1. The zero-order valence-corrected chi connectivity index (χ0v) is 12.3. The van der Waals surface area contributed by atoms with Gasteiger partial charge in [-0.05, 0) is 4.92 Å². The van der Waals surface area contributed by atoms with Crippen LogP contribution in [0.5, 0.6) is 0 Å². The number of aliphatic hydroxyl groups excluding tert-OH is 1. The summed E-state index contributed by atoms with van der Waals surface area (Å²) in [7, 11) is 0. The summed E-state index contributed by atoms with van der Waals surface area (Å²) in [5.41, 5.74) is 0. The second kappa shape index (κ2) is 6.71. The van der Waals surface area contributed by atoms with Gasteiger partial charge in [0.05, 0.1) is 0 Å². The van der Waals surface area contributed by atoms with E-state index in [9.17, 15) is 24.8 Å². The maximum Gasteiger partial charge on any atom is 0.344 e. The Morgan fingerprint density at radius 1 is 1.48 bits per heavy atom. The molecule has 0 saturated carbocycles. The average Bonchev–Trinajstić information content (AvgIpc) is 3.03. The van der Waals surface area contributed by atoms with Gasteiger partial charge in [-0.1, -0.05) is 0 Å². The van der Waals surface area contributed by atoms with E-state index in [1.807, 2.05) is 0 Å². The molecule has 1 N–H and O–H groups in total. The number of carbonyl (C=O) groups excluding carboxylic acids is 2. The predicted molar refractivity (Wildman–Crippen MR) is 71.0 cm³/mol. The number of nitrogens with zero attached hydrogens (tertiary/aromatic N) is 3. The third-order valence-electron chi connectivity index (χ3n) is 3.17. The molecule has 11 nitrogen and oxygen atoms in total. The number of nitro groups is 1. The third-order valence-corrected chi connectivity index (χ3v) is 3.17. The molecule has 2 rings (SSSR count). The Labute approximate surface area is 129 Å². The van der Waals surface area contributed by atoms with E-state index in [1.165, 1.54) is 6.92 Å². The Bertz CT molecular complexity index is 615. The van der Waals surface area contributed by atoms with Crippen LogP contribution < -0.4 is 0 Å². The molecule has 0 aliphatic carbocycles. The topological polar surface area (TPSA) is 143 Å². The molecule has 4 atom stereocenters. The first-order chi connectivity index (χ1) is 10.8. The normalized spacial score (nSPS) is 26.7. The molecule has 2 heterocycles. The number of ether oxygens (including phenoxy) is 3. The molecule has 0 unspecified atom stereocenters. The highest BCUT2D eigenvalue weighted by Crippen LogP contribution is 2.34. The van der Waals surface area contributed by atoms with Crippen molar-refractivity contribution in [3.8, 4) is 0 Å². The van der Waals surface area contributed by atoms with E-state index in [0.29, 0.717) is 0 Å². The van der Waals surface area contributed by atoms with Gasteiger partial charge in [-0.15, -0.1) is 0 Å². The summed E-state index contributed by atoms with van der Waals surface area (Å²) in [4.78, 5) is 36.1. The average molecular weight is 330 g/mol. The van der Waals surface area contributed by atoms with E-state index in [0.717, 1.165) is 24.0 Å². The van der Waals surface area contributed by atoms with Crippen LogP contribution in [0.2, 0.25) is 0 Å².